The van der Waals surface area contributed by atoms with E-state index in [0.29, 0.717) is 6.04 Å². The monoisotopic (exact) mass is 268 g/mol. The van der Waals surface area contributed by atoms with Crippen molar-refractivity contribution in [2.45, 2.75) is 39.7 Å². The van der Waals surface area contributed by atoms with Gasteiger partial charge in [-0.15, -0.1) is 0 Å². The molecular formula is C18H24N2. The number of nitrogens with zero attached hydrogens (tertiary/aromatic N) is 1. The molecule has 1 aromatic heterocycles. The number of hydrogen-bond acceptors (Lipinski definition) is 2. The fourth-order valence-corrected chi connectivity index (χ4v) is 2.37. The molecule has 0 saturated heterocycles. The first-order chi connectivity index (χ1) is 9.69. The fraction of sp³-hybridized carbons (Fsp3) is 0.389. The average Bonchev–Trinajstić information content (AvgIpc) is 2.45. The van der Waals surface area contributed by atoms with Gasteiger partial charge in [0.2, 0.25) is 0 Å². The third-order valence-corrected chi connectivity index (χ3v) is 3.52. The maximum atomic E-state index is 4.29. The van der Waals surface area contributed by atoms with E-state index in [9.17, 15) is 0 Å². The van der Waals surface area contributed by atoms with Crippen LogP contribution in [0.25, 0.3) is 0 Å². The summed E-state index contributed by atoms with van der Waals surface area (Å²) in [5.41, 5.74) is 5.09. The Kier molecular flexibility index (Phi) is 5.31. The number of aromatic nitrogens is 1. The third kappa shape index (κ3) is 4.17. The highest BCUT2D eigenvalue weighted by Gasteiger charge is 2.11. The zero-order valence-corrected chi connectivity index (χ0v) is 12.7. The third-order valence-electron chi connectivity index (χ3n) is 3.52. The Morgan fingerprint density at radius 2 is 1.85 bits per heavy atom. The van der Waals surface area contributed by atoms with Crippen LogP contribution in [0.15, 0.2) is 42.6 Å². The number of nitrogens with one attached hydrogen (secondary N) is 1. The van der Waals surface area contributed by atoms with E-state index in [1.807, 2.05) is 13.1 Å². The summed E-state index contributed by atoms with van der Waals surface area (Å²) in [5, 5.41) is 3.65. The number of rotatable bonds is 6. The summed E-state index contributed by atoms with van der Waals surface area (Å²) >= 11 is 0. The smallest absolute Gasteiger partial charge is 0.0375 e. The minimum atomic E-state index is 0.361. The van der Waals surface area contributed by atoms with Crippen LogP contribution in [0.1, 0.15) is 41.8 Å². The van der Waals surface area contributed by atoms with Crippen molar-refractivity contribution in [1.82, 2.24) is 10.3 Å². The molecule has 1 heterocycles. The van der Waals surface area contributed by atoms with Crippen LogP contribution in [-0.4, -0.2) is 11.5 Å². The van der Waals surface area contributed by atoms with Crippen LogP contribution < -0.4 is 5.32 Å². The van der Waals surface area contributed by atoms with E-state index in [1.165, 1.54) is 16.7 Å². The second-order valence-corrected chi connectivity index (χ2v) is 5.43. The molecule has 0 radical (unpaired) electrons. The van der Waals surface area contributed by atoms with Crippen LogP contribution in [-0.2, 0) is 6.42 Å². The molecule has 0 saturated carbocycles. The lowest BCUT2D eigenvalue weighted by Crippen LogP contribution is -2.24. The van der Waals surface area contributed by atoms with E-state index in [2.05, 4.69) is 60.5 Å². The Labute approximate surface area is 122 Å². The van der Waals surface area contributed by atoms with Crippen molar-refractivity contribution in [1.29, 1.82) is 0 Å². The maximum absolute atomic E-state index is 4.29. The van der Waals surface area contributed by atoms with E-state index < -0.39 is 0 Å². The lowest BCUT2D eigenvalue weighted by atomic mass is 9.98. The number of pyridine rings is 1. The van der Waals surface area contributed by atoms with E-state index in [-0.39, 0.29) is 0 Å². The first-order valence-electron chi connectivity index (χ1n) is 7.40. The highest BCUT2D eigenvalue weighted by Crippen LogP contribution is 2.19. The first kappa shape index (κ1) is 14.7. The molecule has 2 aromatic rings. The Morgan fingerprint density at radius 1 is 1.10 bits per heavy atom. The van der Waals surface area contributed by atoms with E-state index >= 15 is 0 Å². The van der Waals surface area contributed by atoms with E-state index in [4.69, 9.17) is 0 Å². The van der Waals surface area contributed by atoms with Gasteiger partial charge < -0.3 is 5.32 Å². The Balaban J connectivity index is 2.16. The van der Waals surface area contributed by atoms with Crippen molar-refractivity contribution in [3.05, 3.63) is 65.0 Å². The zero-order valence-electron chi connectivity index (χ0n) is 12.7. The summed E-state index contributed by atoms with van der Waals surface area (Å²) in [4.78, 5) is 4.29. The quantitative estimate of drug-likeness (QED) is 0.857. The standard InChI is InChI=1S/C18H24N2/c1-4-10-20-18(17-9-11-19-15(3)12-17)13-16-7-5-14(2)6-8-16/h5-9,11-12,18,20H,4,10,13H2,1-3H3. The molecule has 0 aliphatic heterocycles. The second kappa shape index (κ2) is 7.20. The average molecular weight is 268 g/mol. The topological polar surface area (TPSA) is 24.9 Å². The molecule has 2 rings (SSSR count). The highest BCUT2D eigenvalue weighted by molar-refractivity contribution is 5.26. The van der Waals surface area contributed by atoms with Gasteiger partial charge in [0.1, 0.15) is 0 Å². The molecule has 0 aliphatic carbocycles. The van der Waals surface area contributed by atoms with Gasteiger partial charge in [0, 0.05) is 17.9 Å². The van der Waals surface area contributed by atoms with Gasteiger partial charge in [-0.1, -0.05) is 36.8 Å². The summed E-state index contributed by atoms with van der Waals surface area (Å²) in [6.45, 7) is 7.42. The molecule has 2 heteroatoms. The Morgan fingerprint density at radius 3 is 2.50 bits per heavy atom. The molecule has 106 valence electrons. The molecule has 0 fully saturated rings. The largest absolute Gasteiger partial charge is 0.310 e. The minimum absolute atomic E-state index is 0.361. The van der Waals surface area contributed by atoms with Gasteiger partial charge in [-0.2, -0.15) is 0 Å². The summed E-state index contributed by atoms with van der Waals surface area (Å²) in [6.07, 6.45) is 4.07. The minimum Gasteiger partial charge on any atom is -0.310 e. The van der Waals surface area contributed by atoms with E-state index in [0.717, 1.165) is 25.1 Å². The summed E-state index contributed by atoms with van der Waals surface area (Å²) in [7, 11) is 0. The van der Waals surface area contributed by atoms with Gasteiger partial charge in [0.15, 0.2) is 0 Å². The summed E-state index contributed by atoms with van der Waals surface area (Å²) < 4.78 is 0. The predicted molar refractivity (Wildman–Crippen MR) is 84.9 cm³/mol. The van der Waals surface area contributed by atoms with E-state index in [1.54, 1.807) is 0 Å². The van der Waals surface area contributed by atoms with Crippen LogP contribution in [0.2, 0.25) is 0 Å². The van der Waals surface area contributed by atoms with Gasteiger partial charge in [0.05, 0.1) is 0 Å². The van der Waals surface area contributed by atoms with Crippen molar-refractivity contribution in [3.8, 4) is 0 Å². The molecule has 20 heavy (non-hydrogen) atoms. The lowest BCUT2D eigenvalue weighted by molar-refractivity contribution is 0.528. The normalized spacial score (nSPS) is 12.3. The molecular weight excluding hydrogens is 244 g/mol. The van der Waals surface area contributed by atoms with Gasteiger partial charge in [-0.25, -0.2) is 0 Å². The molecule has 0 amide bonds. The molecule has 0 bridgehead atoms. The first-order valence-corrected chi connectivity index (χ1v) is 7.40. The zero-order chi connectivity index (χ0) is 14.4. The van der Waals surface area contributed by atoms with Crippen molar-refractivity contribution >= 4 is 0 Å². The Bertz CT molecular complexity index is 531. The lowest BCUT2D eigenvalue weighted by Gasteiger charge is -2.19. The number of aryl methyl sites for hydroxylation is 2. The second-order valence-electron chi connectivity index (χ2n) is 5.43. The van der Waals surface area contributed by atoms with Crippen molar-refractivity contribution in [3.63, 3.8) is 0 Å². The Hall–Kier alpha value is -1.67. The van der Waals surface area contributed by atoms with Crippen LogP contribution in [0.5, 0.6) is 0 Å². The van der Waals surface area contributed by atoms with Crippen molar-refractivity contribution in [2.24, 2.45) is 0 Å². The number of benzene rings is 1. The highest BCUT2D eigenvalue weighted by atomic mass is 14.9. The van der Waals surface area contributed by atoms with Gasteiger partial charge in [-0.05, 0) is 56.5 Å². The van der Waals surface area contributed by atoms with Gasteiger partial charge in [-0.3, -0.25) is 4.98 Å². The van der Waals surface area contributed by atoms with Crippen LogP contribution in [0, 0.1) is 13.8 Å². The van der Waals surface area contributed by atoms with Crippen LogP contribution in [0.4, 0.5) is 0 Å². The van der Waals surface area contributed by atoms with Crippen molar-refractivity contribution < 1.29 is 0 Å². The summed E-state index contributed by atoms with van der Waals surface area (Å²) in [5.74, 6) is 0. The molecule has 1 N–H and O–H groups in total. The molecule has 1 atom stereocenters. The SMILES string of the molecule is CCCNC(Cc1ccc(C)cc1)c1ccnc(C)c1. The maximum Gasteiger partial charge on any atom is 0.0375 e. The molecule has 1 unspecified atom stereocenters. The number of hydrogen-bond donors (Lipinski definition) is 1. The van der Waals surface area contributed by atoms with Crippen LogP contribution in [0.3, 0.4) is 0 Å². The molecule has 2 nitrogen and oxygen atoms in total. The summed E-state index contributed by atoms with van der Waals surface area (Å²) in [6, 6.07) is 13.5. The molecule has 0 aliphatic rings. The molecule has 1 aromatic carbocycles. The molecule has 0 spiro atoms. The van der Waals surface area contributed by atoms with Gasteiger partial charge in [0.25, 0.3) is 0 Å². The van der Waals surface area contributed by atoms with Gasteiger partial charge >= 0.3 is 0 Å². The van der Waals surface area contributed by atoms with Crippen LogP contribution >= 0.6 is 0 Å². The van der Waals surface area contributed by atoms with Crippen molar-refractivity contribution in [2.75, 3.05) is 6.54 Å². The fourth-order valence-electron chi connectivity index (χ4n) is 2.37. The predicted octanol–water partition coefficient (Wildman–Crippen LogP) is 3.98.